The Morgan fingerprint density at radius 1 is 1.27 bits per heavy atom. The molecular weight excluding hydrogens is 210 g/mol. The Morgan fingerprint density at radius 2 is 1.93 bits per heavy atom. The van der Waals surface area contributed by atoms with Crippen molar-refractivity contribution in [2.75, 3.05) is 12.8 Å². The Labute approximate surface area is 90.4 Å². The molecule has 1 saturated heterocycles. The van der Waals surface area contributed by atoms with Crippen molar-refractivity contribution < 1.29 is 8.42 Å². The summed E-state index contributed by atoms with van der Waals surface area (Å²) >= 11 is 0. The minimum Gasteiger partial charge on any atom is -0.310 e. The monoisotopic (exact) mass is 225 g/mol. The number of sulfone groups is 1. The molecule has 3 nitrogen and oxygen atoms in total. The topological polar surface area (TPSA) is 46.2 Å². The number of hydrogen-bond donors (Lipinski definition) is 1. The van der Waals surface area contributed by atoms with Crippen LogP contribution in [0.25, 0.3) is 0 Å². The second-order valence-corrected chi connectivity index (χ2v) is 6.01. The zero-order valence-corrected chi connectivity index (χ0v) is 9.55. The van der Waals surface area contributed by atoms with E-state index in [0.29, 0.717) is 10.9 Å². The van der Waals surface area contributed by atoms with E-state index in [9.17, 15) is 8.42 Å². The zero-order valence-electron chi connectivity index (χ0n) is 8.73. The molecule has 0 spiro atoms. The molecule has 15 heavy (non-hydrogen) atoms. The fourth-order valence-corrected chi connectivity index (χ4v) is 2.55. The average Bonchev–Trinajstić information content (AvgIpc) is 2.69. The van der Waals surface area contributed by atoms with Crippen LogP contribution in [0.4, 0.5) is 0 Å². The molecule has 82 valence electrons. The summed E-state index contributed by atoms with van der Waals surface area (Å²) in [5.41, 5.74) is 1.18. The lowest BCUT2D eigenvalue weighted by Gasteiger charge is -2.10. The van der Waals surface area contributed by atoms with Gasteiger partial charge in [-0.1, -0.05) is 12.1 Å². The van der Waals surface area contributed by atoms with Crippen molar-refractivity contribution >= 4 is 9.84 Å². The minimum atomic E-state index is -3.06. The van der Waals surface area contributed by atoms with Crippen LogP contribution < -0.4 is 5.32 Å². The predicted molar refractivity (Wildman–Crippen MR) is 59.5 cm³/mol. The van der Waals surface area contributed by atoms with E-state index in [-0.39, 0.29) is 0 Å². The van der Waals surface area contributed by atoms with Crippen molar-refractivity contribution in [1.82, 2.24) is 5.32 Å². The number of hydrogen-bond acceptors (Lipinski definition) is 3. The van der Waals surface area contributed by atoms with Crippen molar-refractivity contribution in [2.45, 2.75) is 23.8 Å². The molecule has 1 aliphatic heterocycles. The lowest BCUT2D eigenvalue weighted by Crippen LogP contribution is -2.12. The maximum absolute atomic E-state index is 11.2. The van der Waals surface area contributed by atoms with Crippen LogP contribution in [-0.4, -0.2) is 21.2 Å². The molecular formula is C11H15NO2S. The molecule has 1 heterocycles. The third-order valence-electron chi connectivity index (χ3n) is 2.77. The lowest BCUT2D eigenvalue weighted by molar-refractivity contribution is 0.601. The highest BCUT2D eigenvalue weighted by Gasteiger charge is 2.16. The molecule has 1 atom stereocenters. The molecule has 0 amide bonds. The third kappa shape index (κ3) is 2.38. The molecule has 1 aromatic rings. The molecule has 0 bridgehead atoms. The molecule has 0 aromatic heterocycles. The highest BCUT2D eigenvalue weighted by molar-refractivity contribution is 7.90. The summed E-state index contributed by atoms with van der Waals surface area (Å²) < 4.78 is 22.5. The number of benzene rings is 1. The van der Waals surface area contributed by atoms with Crippen molar-refractivity contribution in [1.29, 1.82) is 0 Å². The fourth-order valence-electron chi connectivity index (χ4n) is 1.92. The smallest absolute Gasteiger partial charge is 0.175 e. The standard InChI is InChI=1S/C11H15NO2S/c1-15(13,14)10-6-4-9(5-7-10)11-3-2-8-12-11/h4-7,11-12H,2-3,8H2,1H3/t11-/m1/s1. The maximum atomic E-state index is 11.2. The summed E-state index contributed by atoms with van der Waals surface area (Å²) in [6.45, 7) is 1.05. The lowest BCUT2D eigenvalue weighted by atomic mass is 10.1. The molecule has 0 aliphatic carbocycles. The van der Waals surface area contributed by atoms with E-state index < -0.39 is 9.84 Å². The van der Waals surface area contributed by atoms with Crippen LogP contribution in [0.3, 0.4) is 0 Å². The van der Waals surface area contributed by atoms with E-state index in [1.54, 1.807) is 12.1 Å². The van der Waals surface area contributed by atoms with Gasteiger partial charge in [0.05, 0.1) is 4.90 Å². The molecule has 4 heteroatoms. The van der Waals surface area contributed by atoms with E-state index >= 15 is 0 Å². The van der Waals surface area contributed by atoms with Gasteiger partial charge in [0.1, 0.15) is 0 Å². The van der Waals surface area contributed by atoms with Crippen LogP contribution in [0.5, 0.6) is 0 Å². The molecule has 0 unspecified atom stereocenters. The molecule has 1 aromatic carbocycles. The van der Waals surface area contributed by atoms with Gasteiger partial charge in [-0.15, -0.1) is 0 Å². The van der Waals surface area contributed by atoms with Crippen molar-refractivity contribution in [2.24, 2.45) is 0 Å². The Morgan fingerprint density at radius 3 is 2.40 bits per heavy atom. The predicted octanol–water partition coefficient (Wildman–Crippen LogP) is 1.51. The van der Waals surface area contributed by atoms with Gasteiger partial charge in [0.25, 0.3) is 0 Å². The first kappa shape index (κ1) is 10.6. The number of nitrogens with one attached hydrogen (secondary N) is 1. The van der Waals surface area contributed by atoms with Gasteiger partial charge in [-0.2, -0.15) is 0 Å². The molecule has 1 fully saturated rings. The van der Waals surface area contributed by atoms with Crippen LogP contribution in [0.1, 0.15) is 24.4 Å². The Bertz CT molecular complexity index is 430. The molecule has 1 N–H and O–H groups in total. The largest absolute Gasteiger partial charge is 0.310 e. The van der Waals surface area contributed by atoms with Crippen molar-refractivity contribution in [3.63, 3.8) is 0 Å². The summed E-state index contributed by atoms with van der Waals surface area (Å²) in [4.78, 5) is 0.393. The van der Waals surface area contributed by atoms with Gasteiger partial charge in [-0.05, 0) is 37.1 Å². The van der Waals surface area contributed by atoms with E-state index in [1.165, 1.54) is 18.2 Å². The first-order valence-electron chi connectivity index (χ1n) is 5.11. The van der Waals surface area contributed by atoms with Crippen LogP contribution in [-0.2, 0) is 9.84 Å². The Kier molecular flexibility index (Phi) is 2.80. The third-order valence-corrected chi connectivity index (χ3v) is 3.90. The van der Waals surface area contributed by atoms with E-state index in [4.69, 9.17) is 0 Å². The SMILES string of the molecule is CS(=O)(=O)c1ccc([C@H]2CCCN2)cc1. The molecule has 0 radical (unpaired) electrons. The van der Waals surface area contributed by atoms with Crippen LogP contribution in [0.2, 0.25) is 0 Å². The first-order chi connectivity index (χ1) is 7.07. The summed E-state index contributed by atoms with van der Waals surface area (Å²) in [5.74, 6) is 0. The van der Waals surface area contributed by atoms with Gasteiger partial charge in [-0.25, -0.2) is 8.42 Å². The average molecular weight is 225 g/mol. The fraction of sp³-hybridized carbons (Fsp3) is 0.455. The molecule has 1 aliphatic rings. The zero-order chi connectivity index (χ0) is 10.9. The molecule has 0 saturated carbocycles. The van der Waals surface area contributed by atoms with E-state index in [2.05, 4.69) is 5.32 Å². The second kappa shape index (κ2) is 3.94. The first-order valence-corrected chi connectivity index (χ1v) is 7.00. The van der Waals surface area contributed by atoms with Crippen molar-refractivity contribution in [3.8, 4) is 0 Å². The van der Waals surface area contributed by atoms with Gasteiger partial charge in [0.2, 0.25) is 0 Å². The highest BCUT2D eigenvalue weighted by atomic mass is 32.2. The van der Waals surface area contributed by atoms with Crippen LogP contribution >= 0.6 is 0 Å². The van der Waals surface area contributed by atoms with E-state index in [1.807, 2.05) is 12.1 Å². The van der Waals surface area contributed by atoms with Gasteiger partial charge in [-0.3, -0.25) is 0 Å². The molecule has 2 rings (SSSR count). The minimum absolute atomic E-state index is 0.393. The van der Waals surface area contributed by atoms with Gasteiger partial charge in [0.15, 0.2) is 9.84 Å². The second-order valence-electron chi connectivity index (χ2n) is 3.99. The summed E-state index contributed by atoms with van der Waals surface area (Å²) in [5, 5.41) is 3.38. The van der Waals surface area contributed by atoms with Crippen LogP contribution in [0.15, 0.2) is 29.2 Å². The quantitative estimate of drug-likeness (QED) is 0.830. The summed E-state index contributed by atoms with van der Waals surface area (Å²) in [6.07, 6.45) is 3.56. The van der Waals surface area contributed by atoms with Gasteiger partial charge in [0, 0.05) is 12.3 Å². The van der Waals surface area contributed by atoms with Crippen LogP contribution in [0, 0.1) is 0 Å². The van der Waals surface area contributed by atoms with E-state index in [0.717, 1.165) is 13.0 Å². The normalized spacial score (nSPS) is 21.8. The summed E-state index contributed by atoms with van der Waals surface area (Å²) in [7, 11) is -3.06. The van der Waals surface area contributed by atoms with Gasteiger partial charge < -0.3 is 5.32 Å². The van der Waals surface area contributed by atoms with Gasteiger partial charge >= 0.3 is 0 Å². The maximum Gasteiger partial charge on any atom is 0.175 e. The number of rotatable bonds is 2. The summed E-state index contributed by atoms with van der Waals surface area (Å²) in [6, 6.07) is 7.58. The van der Waals surface area contributed by atoms with Crippen molar-refractivity contribution in [3.05, 3.63) is 29.8 Å². The highest BCUT2D eigenvalue weighted by Crippen LogP contribution is 2.23. The Balaban J connectivity index is 2.24. The Hall–Kier alpha value is -0.870.